The van der Waals surface area contributed by atoms with Crippen LogP contribution in [0.15, 0.2) is 41.2 Å². The van der Waals surface area contributed by atoms with E-state index in [1.165, 1.54) is 19.3 Å². The zero-order valence-corrected chi connectivity index (χ0v) is 12.7. The fraction of sp³-hybridized carbons (Fsp3) is 0.444. The maximum Gasteiger partial charge on any atom is 0.266 e. The van der Waals surface area contributed by atoms with Crippen LogP contribution in [0.3, 0.4) is 0 Å². The summed E-state index contributed by atoms with van der Waals surface area (Å²) < 4.78 is 6.90. The van der Waals surface area contributed by atoms with E-state index in [4.69, 9.17) is 4.74 Å². The molecular formula is C18H20N2O2. The molecule has 2 atom stereocenters. The molecule has 114 valence electrons. The molecule has 1 aromatic heterocycles. The summed E-state index contributed by atoms with van der Waals surface area (Å²) in [5.74, 6) is 3.28. The maximum absolute atomic E-state index is 12.1. The fourth-order valence-corrected chi connectivity index (χ4v) is 3.75. The average Bonchev–Trinajstić information content (AvgIpc) is 3.16. The Morgan fingerprint density at radius 1 is 1.18 bits per heavy atom. The first-order chi connectivity index (χ1) is 10.7. The predicted molar refractivity (Wildman–Crippen MR) is 84.8 cm³/mol. The summed E-state index contributed by atoms with van der Waals surface area (Å²) >= 11 is 0. The van der Waals surface area contributed by atoms with Crippen molar-refractivity contribution in [2.24, 2.45) is 17.8 Å². The second kappa shape index (κ2) is 5.27. The molecule has 2 aliphatic rings. The molecule has 0 bridgehead atoms. The first-order valence-corrected chi connectivity index (χ1v) is 7.95. The molecule has 22 heavy (non-hydrogen) atoms. The van der Waals surface area contributed by atoms with Gasteiger partial charge in [0.15, 0.2) is 0 Å². The summed E-state index contributed by atoms with van der Waals surface area (Å²) in [7, 11) is 1.65. The quantitative estimate of drug-likeness (QED) is 0.871. The third-order valence-corrected chi connectivity index (χ3v) is 5.00. The molecule has 1 aromatic carbocycles. The van der Waals surface area contributed by atoms with E-state index in [0.717, 1.165) is 35.4 Å². The van der Waals surface area contributed by atoms with Gasteiger partial charge in [-0.3, -0.25) is 4.79 Å². The largest absolute Gasteiger partial charge is 0.497 e. The number of hydrogen-bond donors (Lipinski definition) is 0. The molecule has 1 heterocycles. The molecule has 2 aliphatic carbocycles. The Balaban J connectivity index is 1.60. The lowest BCUT2D eigenvalue weighted by Crippen LogP contribution is -2.25. The van der Waals surface area contributed by atoms with E-state index in [1.807, 2.05) is 24.3 Å². The Kier molecular flexibility index (Phi) is 3.25. The number of rotatable bonds is 4. The second-order valence-electron chi connectivity index (χ2n) is 6.56. The fourth-order valence-electron chi connectivity index (χ4n) is 3.75. The minimum Gasteiger partial charge on any atom is -0.497 e. The molecule has 0 spiro atoms. The van der Waals surface area contributed by atoms with Gasteiger partial charge in [0.25, 0.3) is 5.56 Å². The molecule has 2 unspecified atom stereocenters. The lowest BCUT2D eigenvalue weighted by molar-refractivity contribution is 0.385. The SMILES string of the molecule is COc1cccc(-c2ccc(=O)n(CC3CC4CC4C3)n2)c1. The normalized spacial score (nSPS) is 25.8. The van der Waals surface area contributed by atoms with E-state index < -0.39 is 0 Å². The van der Waals surface area contributed by atoms with E-state index in [2.05, 4.69) is 5.10 Å². The minimum atomic E-state index is -0.00720. The lowest BCUT2D eigenvalue weighted by Gasteiger charge is -2.13. The molecule has 4 nitrogen and oxygen atoms in total. The predicted octanol–water partition coefficient (Wildman–Crippen LogP) is 2.97. The molecular weight excluding hydrogens is 276 g/mol. The standard InChI is InChI=1S/C18H20N2O2/c1-22-16-4-2-3-13(10-16)17-5-6-18(21)20(19-17)11-12-7-14-9-15(14)8-12/h2-6,10,12,14-15H,7-9,11H2,1H3. The Bertz CT molecular complexity index is 743. The van der Waals surface area contributed by atoms with Crippen LogP contribution in [0.25, 0.3) is 11.3 Å². The van der Waals surface area contributed by atoms with Crippen molar-refractivity contribution in [2.45, 2.75) is 25.8 Å². The zero-order valence-electron chi connectivity index (χ0n) is 12.7. The molecule has 2 aromatic rings. The number of ether oxygens (including phenoxy) is 1. The lowest BCUT2D eigenvalue weighted by atomic mass is 10.0. The minimum absolute atomic E-state index is 0.00720. The second-order valence-corrected chi connectivity index (χ2v) is 6.56. The van der Waals surface area contributed by atoms with E-state index in [-0.39, 0.29) is 5.56 Å². The summed E-state index contributed by atoms with van der Waals surface area (Å²) in [6.45, 7) is 0.754. The van der Waals surface area contributed by atoms with Crippen LogP contribution >= 0.6 is 0 Å². The van der Waals surface area contributed by atoms with Crippen molar-refractivity contribution in [3.63, 3.8) is 0 Å². The van der Waals surface area contributed by atoms with E-state index in [0.29, 0.717) is 5.92 Å². The van der Waals surface area contributed by atoms with Gasteiger partial charge in [-0.15, -0.1) is 0 Å². The third-order valence-electron chi connectivity index (χ3n) is 5.00. The van der Waals surface area contributed by atoms with Crippen LogP contribution in [0.2, 0.25) is 0 Å². The number of hydrogen-bond acceptors (Lipinski definition) is 3. The molecule has 4 rings (SSSR count). The van der Waals surface area contributed by atoms with E-state index >= 15 is 0 Å². The van der Waals surface area contributed by atoms with Gasteiger partial charge in [-0.05, 0) is 55.2 Å². The molecule has 2 fully saturated rings. The first-order valence-electron chi connectivity index (χ1n) is 7.95. The highest BCUT2D eigenvalue weighted by Gasteiger charge is 2.45. The monoisotopic (exact) mass is 296 g/mol. The van der Waals surface area contributed by atoms with Crippen molar-refractivity contribution in [3.05, 3.63) is 46.8 Å². The van der Waals surface area contributed by atoms with Crippen molar-refractivity contribution in [3.8, 4) is 17.0 Å². The van der Waals surface area contributed by atoms with Crippen molar-refractivity contribution in [1.82, 2.24) is 9.78 Å². The number of methoxy groups -OCH3 is 1. The highest BCUT2D eigenvalue weighted by Crippen LogP contribution is 2.54. The van der Waals surface area contributed by atoms with Crippen molar-refractivity contribution in [1.29, 1.82) is 0 Å². The number of benzene rings is 1. The molecule has 4 heteroatoms. The van der Waals surface area contributed by atoms with Crippen molar-refractivity contribution < 1.29 is 4.74 Å². The topological polar surface area (TPSA) is 44.1 Å². The summed E-state index contributed by atoms with van der Waals surface area (Å²) in [6.07, 6.45) is 3.94. The van der Waals surface area contributed by atoms with Crippen LogP contribution in [0.5, 0.6) is 5.75 Å². The van der Waals surface area contributed by atoms with Crippen LogP contribution in [0.1, 0.15) is 19.3 Å². The highest BCUT2D eigenvalue weighted by atomic mass is 16.5. The average molecular weight is 296 g/mol. The van der Waals surface area contributed by atoms with Crippen LogP contribution in [-0.2, 0) is 6.54 Å². The van der Waals surface area contributed by atoms with Gasteiger partial charge in [-0.1, -0.05) is 12.1 Å². The first kappa shape index (κ1) is 13.6. The van der Waals surface area contributed by atoms with Gasteiger partial charge in [0.2, 0.25) is 0 Å². The number of nitrogens with zero attached hydrogens (tertiary/aromatic N) is 2. The molecule has 0 amide bonds. The summed E-state index contributed by atoms with van der Waals surface area (Å²) in [4.78, 5) is 12.1. The molecule has 0 N–H and O–H groups in total. The Labute approximate surface area is 129 Å². The summed E-state index contributed by atoms with van der Waals surface area (Å²) in [5.41, 5.74) is 1.79. The van der Waals surface area contributed by atoms with Gasteiger partial charge >= 0.3 is 0 Å². The van der Waals surface area contributed by atoms with Gasteiger partial charge in [0.05, 0.1) is 12.8 Å². The summed E-state index contributed by atoms with van der Waals surface area (Å²) in [6, 6.07) is 11.2. The number of fused-ring (bicyclic) bond motifs is 1. The van der Waals surface area contributed by atoms with Crippen LogP contribution < -0.4 is 10.3 Å². The van der Waals surface area contributed by atoms with Gasteiger partial charge in [-0.2, -0.15) is 5.10 Å². The maximum atomic E-state index is 12.1. The summed E-state index contributed by atoms with van der Waals surface area (Å²) in [5, 5.41) is 4.57. The third kappa shape index (κ3) is 2.54. The van der Waals surface area contributed by atoms with Crippen LogP contribution in [-0.4, -0.2) is 16.9 Å². The zero-order chi connectivity index (χ0) is 15.1. The van der Waals surface area contributed by atoms with Gasteiger partial charge in [-0.25, -0.2) is 4.68 Å². The smallest absolute Gasteiger partial charge is 0.266 e. The van der Waals surface area contributed by atoms with Crippen LogP contribution in [0.4, 0.5) is 0 Å². The van der Waals surface area contributed by atoms with E-state index in [9.17, 15) is 4.79 Å². The molecule has 0 saturated heterocycles. The van der Waals surface area contributed by atoms with Crippen molar-refractivity contribution in [2.75, 3.05) is 7.11 Å². The van der Waals surface area contributed by atoms with Gasteiger partial charge in [0.1, 0.15) is 5.75 Å². The van der Waals surface area contributed by atoms with Crippen LogP contribution in [0, 0.1) is 17.8 Å². The number of aromatic nitrogens is 2. The van der Waals surface area contributed by atoms with E-state index in [1.54, 1.807) is 23.9 Å². The Morgan fingerprint density at radius 3 is 2.77 bits per heavy atom. The van der Waals surface area contributed by atoms with Gasteiger partial charge in [0, 0.05) is 18.2 Å². The molecule has 2 saturated carbocycles. The van der Waals surface area contributed by atoms with Crippen molar-refractivity contribution >= 4 is 0 Å². The Morgan fingerprint density at radius 2 is 2.00 bits per heavy atom. The molecule has 0 radical (unpaired) electrons. The van der Waals surface area contributed by atoms with Gasteiger partial charge < -0.3 is 4.74 Å². The Hall–Kier alpha value is -2.10. The highest BCUT2D eigenvalue weighted by molar-refractivity contribution is 5.60. The molecule has 0 aliphatic heterocycles.